The summed E-state index contributed by atoms with van der Waals surface area (Å²) in [6.07, 6.45) is 1.92. The van der Waals surface area contributed by atoms with Gasteiger partial charge in [-0.25, -0.2) is 4.98 Å². The van der Waals surface area contributed by atoms with Gasteiger partial charge in [0.25, 0.3) is 0 Å². The van der Waals surface area contributed by atoms with Crippen molar-refractivity contribution in [2.75, 3.05) is 10.6 Å². The maximum atomic E-state index is 12.2. The lowest BCUT2D eigenvalue weighted by molar-refractivity contribution is -0.115. The predicted octanol–water partition coefficient (Wildman–Crippen LogP) is 4.52. The molecule has 1 amide bonds. The highest BCUT2D eigenvalue weighted by Gasteiger charge is 2.05. The molecule has 5 heteroatoms. The van der Waals surface area contributed by atoms with E-state index in [9.17, 15) is 9.59 Å². The van der Waals surface area contributed by atoms with Crippen molar-refractivity contribution < 1.29 is 9.59 Å². The molecule has 0 saturated carbocycles. The van der Waals surface area contributed by atoms with Crippen molar-refractivity contribution in [1.82, 2.24) is 4.98 Å². The fourth-order valence-electron chi connectivity index (χ4n) is 2.60. The Bertz CT molecular complexity index is 948. The molecule has 0 unspecified atom stereocenters. The number of benzene rings is 2. The van der Waals surface area contributed by atoms with E-state index < -0.39 is 0 Å². The molecule has 1 aromatic heterocycles. The van der Waals surface area contributed by atoms with Crippen LogP contribution in [-0.4, -0.2) is 16.7 Å². The highest BCUT2D eigenvalue weighted by atomic mass is 16.1. The number of nitrogens with one attached hydrogen (secondary N) is 2. The average Bonchev–Trinajstić information content (AvgIpc) is 2.65. The number of nitrogens with zero attached hydrogens (tertiary/aromatic N) is 1. The second kappa shape index (κ2) is 8.27. The smallest absolute Gasteiger partial charge is 0.228 e. The van der Waals surface area contributed by atoms with Gasteiger partial charge < -0.3 is 10.6 Å². The summed E-state index contributed by atoms with van der Waals surface area (Å²) in [5.74, 6) is 0.556. The van der Waals surface area contributed by atoms with Crippen LogP contribution in [0.4, 0.5) is 17.2 Å². The van der Waals surface area contributed by atoms with Crippen molar-refractivity contribution in [1.29, 1.82) is 0 Å². The van der Waals surface area contributed by atoms with Crippen LogP contribution in [0.1, 0.15) is 28.4 Å². The number of hydrogen-bond acceptors (Lipinski definition) is 4. The maximum absolute atomic E-state index is 12.2. The topological polar surface area (TPSA) is 71.1 Å². The minimum atomic E-state index is -0.0875. The van der Waals surface area contributed by atoms with E-state index in [4.69, 9.17) is 0 Å². The number of anilines is 3. The van der Waals surface area contributed by atoms with Crippen molar-refractivity contribution in [2.45, 2.75) is 20.3 Å². The summed E-state index contributed by atoms with van der Waals surface area (Å²) in [5.41, 5.74) is 4.19. The molecule has 0 aliphatic carbocycles. The summed E-state index contributed by atoms with van der Waals surface area (Å²) in [5, 5.41) is 6.00. The predicted molar refractivity (Wildman–Crippen MR) is 107 cm³/mol. The molecule has 3 rings (SSSR count). The molecule has 0 saturated heterocycles. The molecule has 0 aliphatic heterocycles. The molecule has 2 N–H and O–H groups in total. The number of ketones is 1. The zero-order chi connectivity index (χ0) is 19.2. The van der Waals surface area contributed by atoms with Crippen LogP contribution in [0.15, 0.2) is 66.9 Å². The Kier molecular flexibility index (Phi) is 5.61. The van der Waals surface area contributed by atoms with E-state index in [0.29, 0.717) is 23.5 Å². The molecule has 2 aromatic carbocycles. The third kappa shape index (κ3) is 5.25. The number of hydrogen-bond donors (Lipinski definition) is 2. The van der Waals surface area contributed by atoms with Gasteiger partial charge in [-0.05, 0) is 43.7 Å². The molecule has 3 aromatic rings. The van der Waals surface area contributed by atoms with Gasteiger partial charge in [-0.1, -0.05) is 42.0 Å². The van der Waals surface area contributed by atoms with Crippen LogP contribution in [0, 0.1) is 6.92 Å². The van der Waals surface area contributed by atoms with E-state index in [1.165, 1.54) is 12.5 Å². The number of aromatic nitrogens is 1. The number of Topliss-reactive ketones (excluding diaryl/α,β-unsaturated/α-hetero) is 1. The number of amides is 1. The molecule has 0 bridgehead atoms. The van der Waals surface area contributed by atoms with Crippen molar-refractivity contribution in [3.8, 4) is 0 Å². The maximum Gasteiger partial charge on any atom is 0.228 e. The van der Waals surface area contributed by atoms with Crippen LogP contribution in [-0.2, 0) is 11.2 Å². The zero-order valence-corrected chi connectivity index (χ0v) is 15.3. The first-order chi connectivity index (χ1) is 13.0. The Morgan fingerprint density at radius 3 is 2.41 bits per heavy atom. The van der Waals surface area contributed by atoms with E-state index in [-0.39, 0.29) is 11.7 Å². The Balaban J connectivity index is 1.60. The van der Waals surface area contributed by atoms with Crippen molar-refractivity contribution in [3.05, 3.63) is 83.6 Å². The fraction of sp³-hybridized carbons (Fsp3) is 0.136. The molecule has 0 radical (unpaired) electrons. The summed E-state index contributed by atoms with van der Waals surface area (Å²) in [6, 6.07) is 18.7. The van der Waals surface area contributed by atoms with E-state index in [1.807, 2.05) is 43.3 Å². The van der Waals surface area contributed by atoms with Gasteiger partial charge >= 0.3 is 0 Å². The van der Waals surface area contributed by atoms with Gasteiger partial charge in [0.15, 0.2) is 5.78 Å². The fourth-order valence-corrected chi connectivity index (χ4v) is 2.60. The third-order valence-corrected chi connectivity index (χ3v) is 4.07. The molecule has 136 valence electrons. The second-order valence-corrected chi connectivity index (χ2v) is 6.40. The van der Waals surface area contributed by atoms with Crippen LogP contribution in [0.3, 0.4) is 0 Å². The van der Waals surface area contributed by atoms with Crippen molar-refractivity contribution in [3.63, 3.8) is 0 Å². The highest BCUT2D eigenvalue weighted by molar-refractivity contribution is 5.95. The molecular formula is C22H21N3O2. The Hall–Kier alpha value is -3.47. The molecule has 1 heterocycles. The van der Waals surface area contributed by atoms with Gasteiger partial charge in [-0.2, -0.15) is 0 Å². The number of carbonyl (C=O) groups excluding carboxylic acids is 2. The van der Waals surface area contributed by atoms with Gasteiger partial charge in [-0.15, -0.1) is 0 Å². The lowest BCUT2D eigenvalue weighted by Crippen LogP contribution is -2.14. The van der Waals surface area contributed by atoms with Gasteiger partial charge in [0, 0.05) is 11.3 Å². The number of carbonyl (C=O) groups is 2. The summed E-state index contributed by atoms with van der Waals surface area (Å²) < 4.78 is 0. The van der Waals surface area contributed by atoms with Gasteiger partial charge in [-0.3, -0.25) is 9.59 Å². The minimum Gasteiger partial charge on any atom is -0.340 e. The van der Waals surface area contributed by atoms with Crippen LogP contribution in [0.2, 0.25) is 0 Å². The van der Waals surface area contributed by atoms with Gasteiger partial charge in [0.1, 0.15) is 5.82 Å². The Morgan fingerprint density at radius 1 is 0.963 bits per heavy atom. The van der Waals surface area contributed by atoms with Gasteiger partial charge in [0.05, 0.1) is 18.3 Å². The number of pyridine rings is 1. The van der Waals surface area contributed by atoms with E-state index >= 15 is 0 Å². The third-order valence-electron chi connectivity index (χ3n) is 4.07. The Morgan fingerprint density at radius 2 is 1.74 bits per heavy atom. The normalized spacial score (nSPS) is 10.3. The van der Waals surface area contributed by atoms with E-state index in [0.717, 1.165) is 11.3 Å². The SMILES string of the molecule is CC(=O)c1cccc(Nc2ccc(NC(=O)Cc3ccc(C)cc3)cn2)c1. The first-order valence-corrected chi connectivity index (χ1v) is 8.69. The summed E-state index contributed by atoms with van der Waals surface area (Å²) in [7, 11) is 0. The van der Waals surface area contributed by atoms with Gasteiger partial charge in [0.2, 0.25) is 5.91 Å². The van der Waals surface area contributed by atoms with Crippen LogP contribution < -0.4 is 10.6 Å². The van der Waals surface area contributed by atoms with Crippen molar-refractivity contribution in [2.24, 2.45) is 0 Å². The summed E-state index contributed by atoms with van der Waals surface area (Å²) >= 11 is 0. The minimum absolute atomic E-state index is 0.0123. The number of aryl methyl sites for hydroxylation is 1. The van der Waals surface area contributed by atoms with Crippen LogP contribution in [0.25, 0.3) is 0 Å². The first-order valence-electron chi connectivity index (χ1n) is 8.69. The monoisotopic (exact) mass is 359 g/mol. The van der Waals surface area contributed by atoms with Crippen LogP contribution in [0.5, 0.6) is 0 Å². The largest absolute Gasteiger partial charge is 0.340 e. The average molecular weight is 359 g/mol. The van der Waals surface area contributed by atoms with Crippen molar-refractivity contribution >= 4 is 28.9 Å². The molecule has 0 fully saturated rings. The highest BCUT2D eigenvalue weighted by Crippen LogP contribution is 2.18. The standard InChI is InChI=1S/C22H21N3O2/c1-15-6-8-17(9-7-15)12-22(27)25-20-10-11-21(23-14-20)24-19-5-3-4-18(13-19)16(2)26/h3-11,13-14H,12H2,1-2H3,(H,23,24)(H,25,27). The Labute approximate surface area is 158 Å². The molecule has 27 heavy (non-hydrogen) atoms. The van der Waals surface area contributed by atoms with E-state index in [1.54, 1.807) is 30.5 Å². The van der Waals surface area contributed by atoms with E-state index in [2.05, 4.69) is 15.6 Å². The summed E-state index contributed by atoms with van der Waals surface area (Å²) in [6.45, 7) is 3.55. The molecule has 0 atom stereocenters. The number of rotatable bonds is 6. The molecule has 5 nitrogen and oxygen atoms in total. The second-order valence-electron chi connectivity index (χ2n) is 6.40. The first kappa shape index (κ1) is 18.3. The summed E-state index contributed by atoms with van der Waals surface area (Å²) in [4.78, 5) is 27.9. The lowest BCUT2D eigenvalue weighted by Gasteiger charge is -2.09. The molecule has 0 spiro atoms. The quantitative estimate of drug-likeness (QED) is 0.635. The molecular weight excluding hydrogens is 338 g/mol. The lowest BCUT2D eigenvalue weighted by atomic mass is 10.1. The van der Waals surface area contributed by atoms with Crippen LogP contribution >= 0.6 is 0 Å². The molecule has 0 aliphatic rings. The zero-order valence-electron chi connectivity index (χ0n) is 15.3.